The van der Waals surface area contributed by atoms with E-state index in [-0.39, 0.29) is 0 Å². The van der Waals surface area contributed by atoms with E-state index in [0.29, 0.717) is 5.75 Å². The summed E-state index contributed by atoms with van der Waals surface area (Å²) in [5.74, 6) is 4.65. The average Bonchev–Trinajstić information content (AvgIpc) is 2.06. The highest BCUT2D eigenvalue weighted by Gasteiger charge is 1.98. The molecule has 0 aromatic heterocycles. The number of nitrogens with two attached hydrogens (primary N) is 1. The van der Waals surface area contributed by atoms with Crippen molar-refractivity contribution in [3.8, 4) is 5.75 Å². The van der Waals surface area contributed by atoms with Crippen LogP contribution in [0.25, 0.3) is 0 Å². The van der Waals surface area contributed by atoms with Gasteiger partial charge in [-0.3, -0.25) is 0 Å². The van der Waals surface area contributed by atoms with Gasteiger partial charge in [-0.25, -0.2) is 4.79 Å². The third kappa shape index (κ3) is 2.42. The molecule has 1 aromatic rings. The van der Waals surface area contributed by atoms with E-state index in [1.54, 1.807) is 24.3 Å². The average molecular weight is 164 g/mol. The summed E-state index contributed by atoms with van der Waals surface area (Å²) in [6.45, 7) is 0. The molecule has 2 N–H and O–H groups in total. The van der Waals surface area contributed by atoms with Crippen molar-refractivity contribution in [1.82, 2.24) is 0 Å². The van der Waals surface area contributed by atoms with Gasteiger partial charge < -0.3 is 10.6 Å². The molecule has 62 valence electrons. The lowest BCUT2D eigenvalue weighted by Crippen LogP contribution is -2.09. The Hall–Kier alpha value is -1.84. The summed E-state index contributed by atoms with van der Waals surface area (Å²) in [4.78, 5) is 10.8. The lowest BCUT2D eigenvalue weighted by atomic mass is 10.3. The normalized spacial score (nSPS) is 10.0. The second-order valence-corrected chi connectivity index (χ2v) is 2.01. The number of carbonyl (C=O) groups excluding carboxylic acids is 1. The van der Waals surface area contributed by atoms with Gasteiger partial charge in [0, 0.05) is 0 Å². The minimum absolute atomic E-state index is 0.474. The Morgan fingerprint density at radius 2 is 2.08 bits per heavy atom. The maximum Gasteiger partial charge on any atom is 0.356 e. The lowest BCUT2D eigenvalue weighted by Gasteiger charge is -1.97. The Balaban J connectivity index is 2.59. The van der Waals surface area contributed by atoms with Gasteiger partial charge >= 0.3 is 5.97 Å². The molecule has 0 aliphatic heterocycles. The number of nitrogens with zero attached hydrogens (tertiary/aromatic N) is 1. The van der Waals surface area contributed by atoms with E-state index in [1.807, 2.05) is 6.07 Å². The molecule has 1 rings (SSSR count). The molecule has 1 aromatic carbocycles. The summed E-state index contributed by atoms with van der Waals surface area (Å²) in [7, 11) is 0. The largest absolute Gasteiger partial charge is 0.422 e. The first-order valence-corrected chi connectivity index (χ1v) is 3.33. The molecule has 0 fully saturated rings. The zero-order chi connectivity index (χ0) is 8.81. The van der Waals surface area contributed by atoms with Crippen LogP contribution in [0.1, 0.15) is 0 Å². The number of para-hydroxylation sites is 1. The van der Waals surface area contributed by atoms with Crippen molar-refractivity contribution >= 4 is 12.2 Å². The van der Waals surface area contributed by atoms with Crippen LogP contribution in [0.3, 0.4) is 0 Å². The summed E-state index contributed by atoms with van der Waals surface area (Å²) < 4.78 is 4.79. The van der Waals surface area contributed by atoms with Crippen LogP contribution in [0.4, 0.5) is 0 Å². The van der Waals surface area contributed by atoms with Crippen molar-refractivity contribution in [1.29, 1.82) is 0 Å². The van der Waals surface area contributed by atoms with Crippen LogP contribution < -0.4 is 10.6 Å². The standard InChI is InChI=1S/C8H8N2O2/c9-10-6-8(11)12-7-4-2-1-3-5-7/h1-6H,9H2. The molecule has 0 saturated carbocycles. The van der Waals surface area contributed by atoms with Crippen LogP contribution in [0.2, 0.25) is 0 Å². The van der Waals surface area contributed by atoms with Crippen LogP contribution in [0.5, 0.6) is 5.75 Å². The highest BCUT2D eigenvalue weighted by Crippen LogP contribution is 2.07. The van der Waals surface area contributed by atoms with Crippen molar-refractivity contribution in [2.24, 2.45) is 10.9 Å². The minimum atomic E-state index is -0.580. The summed E-state index contributed by atoms with van der Waals surface area (Å²) in [5, 5.41) is 3.03. The molecular formula is C8H8N2O2. The molecule has 0 unspecified atom stereocenters. The quantitative estimate of drug-likeness (QED) is 0.228. The van der Waals surface area contributed by atoms with Crippen LogP contribution >= 0.6 is 0 Å². The molecule has 0 saturated heterocycles. The van der Waals surface area contributed by atoms with E-state index < -0.39 is 5.97 Å². The number of ether oxygens (including phenoxy) is 1. The second kappa shape index (κ2) is 4.12. The molecule has 0 aliphatic carbocycles. The third-order valence-electron chi connectivity index (χ3n) is 1.14. The Morgan fingerprint density at radius 3 is 2.67 bits per heavy atom. The SMILES string of the molecule is NN=CC(=O)Oc1ccccc1. The maximum atomic E-state index is 10.8. The van der Waals surface area contributed by atoms with Crippen molar-refractivity contribution < 1.29 is 9.53 Å². The van der Waals surface area contributed by atoms with Gasteiger partial charge in [-0.1, -0.05) is 18.2 Å². The fourth-order valence-electron chi connectivity index (χ4n) is 0.692. The van der Waals surface area contributed by atoms with Gasteiger partial charge in [-0.05, 0) is 12.1 Å². The molecule has 0 aliphatic rings. The lowest BCUT2D eigenvalue weighted by molar-refractivity contribution is -0.126. The fourth-order valence-corrected chi connectivity index (χ4v) is 0.692. The van der Waals surface area contributed by atoms with Crippen LogP contribution in [-0.2, 0) is 4.79 Å². The Bertz CT molecular complexity index is 282. The summed E-state index contributed by atoms with van der Waals surface area (Å²) in [6, 6.07) is 8.70. The van der Waals surface area contributed by atoms with Gasteiger partial charge in [0.2, 0.25) is 0 Å². The van der Waals surface area contributed by atoms with E-state index >= 15 is 0 Å². The smallest absolute Gasteiger partial charge is 0.356 e. The van der Waals surface area contributed by atoms with Gasteiger partial charge in [0.15, 0.2) is 0 Å². The van der Waals surface area contributed by atoms with Crippen molar-refractivity contribution in [3.05, 3.63) is 30.3 Å². The summed E-state index contributed by atoms with van der Waals surface area (Å²) in [5.41, 5.74) is 0. The first-order valence-electron chi connectivity index (χ1n) is 3.33. The van der Waals surface area contributed by atoms with Gasteiger partial charge in [0.25, 0.3) is 0 Å². The van der Waals surface area contributed by atoms with E-state index in [0.717, 1.165) is 6.21 Å². The van der Waals surface area contributed by atoms with Crippen LogP contribution in [-0.4, -0.2) is 12.2 Å². The first kappa shape index (κ1) is 8.26. The molecular weight excluding hydrogens is 156 g/mol. The highest BCUT2D eigenvalue weighted by atomic mass is 16.5. The molecule has 0 amide bonds. The molecule has 0 bridgehead atoms. The number of rotatable bonds is 2. The maximum absolute atomic E-state index is 10.8. The number of esters is 1. The first-order chi connectivity index (χ1) is 5.83. The summed E-state index contributed by atoms with van der Waals surface area (Å²) >= 11 is 0. The Labute approximate surface area is 69.6 Å². The van der Waals surface area contributed by atoms with Crippen molar-refractivity contribution in [2.75, 3.05) is 0 Å². The fraction of sp³-hybridized carbons (Fsp3) is 0. The molecule has 0 atom stereocenters. The monoisotopic (exact) mass is 164 g/mol. The number of benzene rings is 1. The highest BCUT2D eigenvalue weighted by molar-refractivity contribution is 6.23. The predicted molar refractivity (Wildman–Crippen MR) is 44.8 cm³/mol. The molecule has 0 spiro atoms. The number of hydrogen-bond acceptors (Lipinski definition) is 4. The van der Waals surface area contributed by atoms with Gasteiger partial charge in [-0.15, -0.1) is 0 Å². The van der Waals surface area contributed by atoms with Gasteiger partial charge in [0.05, 0.1) is 0 Å². The second-order valence-electron chi connectivity index (χ2n) is 2.01. The minimum Gasteiger partial charge on any atom is -0.422 e. The van der Waals surface area contributed by atoms with E-state index in [2.05, 4.69) is 5.10 Å². The van der Waals surface area contributed by atoms with Crippen molar-refractivity contribution in [2.45, 2.75) is 0 Å². The molecule has 4 heteroatoms. The Morgan fingerprint density at radius 1 is 1.42 bits per heavy atom. The zero-order valence-electron chi connectivity index (χ0n) is 6.31. The molecule has 4 nitrogen and oxygen atoms in total. The van der Waals surface area contributed by atoms with Crippen LogP contribution in [0, 0.1) is 0 Å². The molecule has 0 radical (unpaired) electrons. The van der Waals surface area contributed by atoms with E-state index in [4.69, 9.17) is 10.6 Å². The predicted octanol–water partition coefficient (Wildman–Crippen LogP) is 0.536. The molecule has 12 heavy (non-hydrogen) atoms. The van der Waals surface area contributed by atoms with Crippen LogP contribution in [0.15, 0.2) is 35.4 Å². The topological polar surface area (TPSA) is 64.7 Å². The zero-order valence-corrected chi connectivity index (χ0v) is 6.31. The third-order valence-corrected chi connectivity index (χ3v) is 1.14. The number of hydrogen-bond donors (Lipinski definition) is 1. The van der Waals surface area contributed by atoms with Gasteiger partial charge in [0.1, 0.15) is 12.0 Å². The molecule has 0 heterocycles. The Kier molecular flexibility index (Phi) is 2.84. The number of hydrazone groups is 1. The van der Waals surface area contributed by atoms with E-state index in [9.17, 15) is 4.79 Å². The summed E-state index contributed by atoms with van der Waals surface area (Å²) in [6.07, 6.45) is 0.910. The number of carbonyl (C=O) groups is 1. The van der Waals surface area contributed by atoms with Crippen molar-refractivity contribution in [3.63, 3.8) is 0 Å². The van der Waals surface area contributed by atoms with E-state index in [1.165, 1.54) is 0 Å². The van der Waals surface area contributed by atoms with Gasteiger partial charge in [-0.2, -0.15) is 5.10 Å².